The number of aromatic nitrogens is 3. The summed E-state index contributed by atoms with van der Waals surface area (Å²) in [5.74, 6) is 0.775. The van der Waals surface area contributed by atoms with Crippen LogP contribution in [-0.2, 0) is 0 Å². The van der Waals surface area contributed by atoms with Gasteiger partial charge in [0.05, 0.1) is 17.2 Å². The molecule has 0 fully saturated rings. The van der Waals surface area contributed by atoms with Gasteiger partial charge in [-0.1, -0.05) is 26.7 Å². The second-order valence-electron chi connectivity index (χ2n) is 5.37. The summed E-state index contributed by atoms with van der Waals surface area (Å²) in [5.41, 5.74) is 2.19. The Morgan fingerprint density at radius 3 is 2.83 bits per heavy atom. The highest BCUT2D eigenvalue weighted by Crippen LogP contribution is 2.22. The average molecular weight is 263 g/mol. The Labute approximate surface area is 113 Å². The highest BCUT2D eigenvalue weighted by molar-refractivity contribution is 7.71. The van der Waals surface area contributed by atoms with Crippen LogP contribution in [0.2, 0.25) is 0 Å². The van der Waals surface area contributed by atoms with Crippen LogP contribution in [0.4, 0.5) is 0 Å². The molecule has 2 rings (SSSR count). The first kappa shape index (κ1) is 13.3. The van der Waals surface area contributed by atoms with Gasteiger partial charge in [0.25, 0.3) is 0 Å². The lowest BCUT2D eigenvalue weighted by atomic mass is 10.0. The van der Waals surface area contributed by atoms with E-state index in [4.69, 9.17) is 12.2 Å². The predicted octanol–water partition coefficient (Wildman–Crippen LogP) is 4.48. The quantitative estimate of drug-likeness (QED) is 0.807. The molecule has 2 heterocycles. The zero-order chi connectivity index (χ0) is 13.1. The number of hydrogen-bond acceptors (Lipinski definition) is 2. The van der Waals surface area contributed by atoms with Gasteiger partial charge in [-0.2, -0.15) is 0 Å². The Morgan fingerprint density at radius 1 is 1.33 bits per heavy atom. The lowest BCUT2D eigenvalue weighted by molar-refractivity contribution is 0.451. The molecule has 1 atom stereocenters. The van der Waals surface area contributed by atoms with Gasteiger partial charge in [-0.05, 0) is 37.5 Å². The maximum Gasteiger partial charge on any atom is 0.178 e. The normalized spacial score (nSPS) is 13.3. The number of nitrogens with zero attached hydrogens (tertiary/aromatic N) is 2. The van der Waals surface area contributed by atoms with Crippen LogP contribution >= 0.6 is 12.2 Å². The number of rotatable bonds is 5. The van der Waals surface area contributed by atoms with Gasteiger partial charge in [0.1, 0.15) is 0 Å². The molecule has 3 nitrogen and oxygen atoms in total. The van der Waals surface area contributed by atoms with Gasteiger partial charge < -0.3 is 9.55 Å². The third kappa shape index (κ3) is 2.80. The SMILES string of the molecule is CC(C)CCCC(C)n1c(=S)[nH]c2cnccc21. The summed E-state index contributed by atoms with van der Waals surface area (Å²) in [6.45, 7) is 6.78. The van der Waals surface area contributed by atoms with Crippen molar-refractivity contribution in [3.63, 3.8) is 0 Å². The highest BCUT2D eigenvalue weighted by atomic mass is 32.1. The second-order valence-corrected chi connectivity index (χ2v) is 5.75. The number of hydrogen-bond donors (Lipinski definition) is 1. The largest absolute Gasteiger partial charge is 0.329 e. The molecular weight excluding hydrogens is 242 g/mol. The van der Waals surface area contributed by atoms with Crippen molar-refractivity contribution < 1.29 is 0 Å². The second kappa shape index (κ2) is 5.65. The van der Waals surface area contributed by atoms with Crippen LogP contribution in [0.25, 0.3) is 11.0 Å². The number of fused-ring (bicyclic) bond motifs is 1. The lowest BCUT2D eigenvalue weighted by Crippen LogP contribution is -2.05. The summed E-state index contributed by atoms with van der Waals surface area (Å²) < 4.78 is 3.02. The van der Waals surface area contributed by atoms with Crippen LogP contribution in [0.15, 0.2) is 18.5 Å². The fraction of sp³-hybridized carbons (Fsp3) is 0.571. The van der Waals surface area contributed by atoms with E-state index >= 15 is 0 Å². The molecule has 0 aromatic carbocycles. The topological polar surface area (TPSA) is 33.6 Å². The van der Waals surface area contributed by atoms with E-state index in [1.807, 2.05) is 18.5 Å². The van der Waals surface area contributed by atoms with Crippen molar-refractivity contribution in [2.45, 2.75) is 46.1 Å². The first-order valence-electron chi connectivity index (χ1n) is 6.64. The number of aromatic amines is 1. The van der Waals surface area contributed by atoms with Gasteiger partial charge in [-0.15, -0.1) is 0 Å². The minimum Gasteiger partial charge on any atom is -0.329 e. The molecule has 2 aromatic rings. The number of imidazole rings is 1. The first-order valence-corrected chi connectivity index (χ1v) is 7.04. The van der Waals surface area contributed by atoms with E-state index in [9.17, 15) is 0 Å². The number of H-pyrrole nitrogens is 1. The van der Waals surface area contributed by atoms with Gasteiger partial charge in [0, 0.05) is 12.2 Å². The van der Waals surface area contributed by atoms with Crippen LogP contribution in [0.1, 0.15) is 46.1 Å². The van der Waals surface area contributed by atoms with Crippen LogP contribution < -0.4 is 0 Å². The molecule has 0 amide bonds. The van der Waals surface area contributed by atoms with Crippen molar-refractivity contribution in [2.24, 2.45) is 5.92 Å². The molecule has 98 valence electrons. The molecule has 4 heteroatoms. The smallest absolute Gasteiger partial charge is 0.178 e. The summed E-state index contributed by atoms with van der Waals surface area (Å²) >= 11 is 5.41. The zero-order valence-electron chi connectivity index (χ0n) is 11.3. The van der Waals surface area contributed by atoms with Crippen LogP contribution in [0.3, 0.4) is 0 Å². The summed E-state index contributed by atoms with van der Waals surface area (Å²) in [7, 11) is 0. The van der Waals surface area contributed by atoms with E-state index in [0.29, 0.717) is 6.04 Å². The Kier molecular flexibility index (Phi) is 4.17. The van der Waals surface area contributed by atoms with Crippen LogP contribution in [0.5, 0.6) is 0 Å². The standard InChI is InChI=1S/C14H21N3S/c1-10(2)5-4-6-11(3)17-13-7-8-15-9-12(13)16-14(17)18/h7-11H,4-6H2,1-3H3,(H,16,18). The lowest BCUT2D eigenvalue weighted by Gasteiger charge is -2.15. The Hall–Kier alpha value is -1.16. The van der Waals surface area contributed by atoms with Crippen molar-refractivity contribution in [3.05, 3.63) is 23.2 Å². The van der Waals surface area contributed by atoms with Crippen LogP contribution in [0, 0.1) is 10.7 Å². The minimum atomic E-state index is 0.437. The maximum absolute atomic E-state index is 5.41. The third-order valence-electron chi connectivity index (χ3n) is 3.36. The van der Waals surface area contributed by atoms with Crippen molar-refractivity contribution in [1.29, 1.82) is 0 Å². The van der Waals surface area contributed by atoms with Gasteiger partial charge in [-0.3, -0.25) is 4.98 Å². The molecule has 0 aliphatic rings. The Bertz CT molecular complexity index is 568. The van der Waals surface area contributed by atoms with Crippen LogP contribution in [-0.4, -0.2) is 14.5 Å². The Balaban J connectivity index is 2.19. The predicted molar refractivity (Wildman–Crippen MR) is 78.3 cm³/mol. The fourth-order valence-electron chi connectivity index (χ4n) is 2.37. The molecular formula is C14H21N3S. The average Bonchev–Trinajstić information content (AvgIpc) is 2.64. The maximum atomic E-state index is 5.41. The van der Waals surface area contributed by atoms with Gasteiger partial charge in [0.2, 0.25) is 0 Å². The van der Waals surface area contributed by atoms with Gasteiger partial charge in [-0.25, -0.2) is 0 Å². The molecule has 0 spiro atoms. The molecule has 0 radical (unpaired) electrons. The molecule has 0 aliphatic heterocycles. The van der Waals surface area contributed by atoms with E-state index in [1.165, 1.54) is 19.3 Å². The van der Waals surface area contributed by atoms with Gasteiger partial charge >= 0.3 is 0 Å². The molecule has 0 saturated heterocycles. The van der Waals surface area contributed by atoms with Crippen molar-refractivity contribution in [2.75, 3.05) is 0 Å². The Morgan fingerprint density at radius 2 is 2.11 bits per heavy atom. The summed E-state index contributed by atoms with van der Waals surface area (Å²) in [6.07, 6.45) is 7.35. The van der Waals surface area contributed by atoms with E-state index in [-0.39, 0.29) is 0 Å². The number of pyridine rings is 1. The fourth-order valence-corrected chi connectivity index (χ4v) is 2.75. The van der Waals surface area contributed by atoms with E-state index < -0.39 is 0 Å². The molecule has 0 aliphatic carbocycles. The van der Waals surface area contributed by atoms with E-state index in [1.54, 1.807) is 0 Å². The highest BCUT2D eigenvalue weighted by Gasteiger charge is 2.11. The van der Waals surface area contributed by atoms with Crippen molar-refractivity contribution in [3.8, 4) is 0 Å². The number of nitrogens with one attached hydrogen (secondary N) is 1. The molecule has 18 heavy (non-hydrogen) atoms. The monoisotopic (exact) mass is 263 g/mol. The first-order chi connectivity index (χ1) is 8.59. The summed E-state index contributed by atoms with van der Waals surface area (Å²) in [4.78, 5) is 7.34. The van der Waals surface area contributed by atoms with E-state index in [2.05, 4.69) is 35.3 Å². The van der Waals surface area contributed by atoms with E-state index in [0.717, 1.165) is 21.7 Å². The molecule has 0 bridgehead atoms. The van der Waals surface area contributed by atoms with Gasteiger partial charge in [0.15, 0.2) is 4.77 Å². The minimum absolute atomic E-state index is 0.437. The van der Waals surface area contributed by atoms with Crippen molar-refractivity contribution >= 4 is 23.3 Å². The molecule has 0 saturated carbocycles. The summed E-state index contributed by atoms with van der Waals surface area (Å²) in [6, 6.07) is 2.47. The molecule has 1 N–H and O–H groups in total. The summed E-state index contributed by atoms with van der Waals surface area (Å²) in [5, 5.41) is 0. The molecule has 1 unspecified atom stereocenters. The third-order valence-corrected chi connectivity index (χ3v) is 3.66. The van der Waals surface area contributed by atoms with Crippen molar-refractivity contribution in [1.82, 2.24) is 14.5 Å². The molecule has 2 aromatic heterocycles. The zero-order valence-corrected chi connectivity index (χ0v) is 12.1.